The van der Waals surface area contributed by atoms with E-state index >= 15 is 0 Å². The van der Waals surface area contributed by atoms with Crippen molar-refractivity contribution in [1.29, 1.82) is 0 Å². The van der Waals surface area contributed by atoms with Crippen molar-refractivity contribution in [1.82, 2.24) is 4.98 Å². The fraction of sp³-hybridized carbons (Fsp3) is 0.333. The summed E-state index contributed by atoms with van der Waals surface area (Å²) in [6, 6.07) is 6.73. The Morgan fingerprint density at radius 2 is 2.09 bits per heavy atom. The van der Waals surface area contributed by atoms with Crippen molar-refractivity contribution in [2.75, 3.05) is 19.0 Å². The Balaban J connectivity index is 2.52. The third-order valence-electron chi connectivity index (χ3n) is 3.38. The van der Waals surface area contributed by atoms with E-state index in [-0.39, 0.29) is 11.1 Å². The van der Waals surface area contributed by atoms with Gasteiger partial charge in [0.2, 0.25) is 0 Å². The first-order chi connectivity index (χ1) is 10.9. The number of benzene rings is 1. The molecular formula is C18H21FN2O2. The van der Waals surface area contributed by atoms with E-state index in [9.17, 15) is 9.18 Å². The number of nitrogens with zero attached hydrogens (tertiary/aromatic N) is 1. The van der Waals surface area contributed by atoms with Crippen LogP contribution in [0.1, 0.15) is 29.8 Å². The zero-order valence-corrected chi connectivity index (χ0v) is 13.8. The molecule has 1 heterocycles. The highest BCUT2D eigenvalue weighted by molar-refractivity contribution is 5.93. The van der Waals surface area contributed by atoms with Gasteiger partial charge in [-0.25, -0.2) is 9.18 Å². The first kappa shape index (κ1) is 16.9. The number of ether oxygens (including phenoxy) is 1. The molecule has 0 aliphatic carbocycles. The van der Waals surface area contributed by atoms with Gasteiger partial charge < -0.3 is 10.1 Å². The average molecular weight is 316 g/mol. The van der Waals surface area contributed by atoms with Gasteiger partial charge in [0.25, 0.3) is 0 Å². The van der Waals surface area contributed by atoms with E-state index in [2.05, 4.69) is 28.9 Å². The van der Waals surface area contributed by atoms with Gasteiger partial charge in [-0.2, -0.15) is 0 Å². The molecule has 0 saturated carbocycles. The van der Waals surface area contributed by atoms with Crippen LogP contribution in [-0.2, 0) is 4.74 Å². The minimum atomic E-state index is -0.705. The highest BCUT2D eigenvalue weighted by Gasteiger charge is 2.19. The first-order valence-electron chi connectivity index (χ1n) is 7.51. The maximum absolute atomic E-state index is 14.7. The average Bonchev–Trinajstić information content (AvgIpc) is 2.54. The van der Waals surface area contributed by atoms with Crippen LogP contribution in [-0.4, -0.2) is 24.6 Å². The third kappa shape index (κ3) is 4.06. The highest BCUT2D eigenvalue weighted by atomic mass is 19.1. The zero-order valence-electron chi connectivity index (χ0n) is 13.8. The van der Waals surface area contributed by atoms with Crippen LogP contribution in [0.4, 0.5) is 10.1 Å². The topological polar surface area (TPSA) is 51.2 Å². The van der Waals surface area contributed by atoms with Gasteiger partial charge in [0, 0.05) is 24.0 Å². The van der Waals surface area contributed by atoms with Gasteiger partial charge in [-0.1, -0.05) is 19.9 Å². The number of aryl methyl sites for hydroxylation is 1. The number of pyridine rings is 1. The van der Waals surface area contributed by atoms with E-state index in [1.54, 1.807) is 18.3 Å². The molecule has 0 unspecified atom stereocenters. The number of hydrogen-bond acceptors (Lipinski definition) is 4. The lowest BCUT2D eigenvalue weighted by molar-refractivity contribution is 0.0595. The van der Waals surface area contributed by atoms with Crippen LogP contribution in [0.15, 0.2) is 30.5 Å². The maximum atomic E-state index is 14.7. The van der Waals surface area contributed by atoms with Crippen molar-refractivity contribution >= 4 is 11.7 Å². The zero-order chi connectivity index (χ0) is 17.0. The number of carbonyl (C=O) groups excluding carboxylic acids is 1. The molecule has 122 valence electrons. The molecular weight excluding hydrogens is 295 g/mol. The third-order valence-corrected chi connectivity index (χ3v) is 3.38. The summed E-state index contributed by atoms with van der Waals surface area (Å²) in [6.45, 7) is 6.76. The second-order valence-corrected chi connectivity index (χ2v) is 5.87. The molecule has 0 aliphatic heterocycles. The van der Waals surface area contributed by atoms with Gasteiger partial charge >= 0.3 is 5.97 Å². The molecule has 0 spiro atoms. The van der Waals surface area contributed by atoms with Crippen molar-refractivity contribution in [2.24, 2.45) is 5.92 Å². The molecule has 2 aromatic rings. The van der Waals surface area contributed by atoms with E-state index < -0.39 is 11.8 Å². The van der Waals surface area contributed by atoms with Gasteiger partial charge in [0.15, 0.2) is 0 Å². The standard InChI is InChI=1S/C18H21FN2O2/c1-11(2)9-20-13-7-14(16-6-5-12(3)10-21-16)17(19)15(8-13)18(22)23-4/h5-8,10-11,20H,9H2,1-4H3. The molecule has 0 amide bonds. The van der Waals surface area contributed by atoms with Crippen molar-refractivity contribution < 1.29 is 13.9 Å². The summed E-state index contributed by atoms with van der Waals surface area (Å²) in [5.74, 6) is -0.907. The Labute approximate surface area is 135 Å². The van der Waals surface area contributed by atoms with Gasteiger partial charge in [0.1, 0.15) is 5.82 Å². The van der Waals surface area contributed by atoms with Crippen LogP contribution < -0.4 is 5.32 Å². The Kier molecular flexibility index (Phi) is 5.32. The molecule has 1 N–H and O–H groups in total. The van der Waals surface area contributed by atoms with E-state index in [1.807, 2.05) is 13.0 Å². The van der Waals surface area contributed by atoms with E-state index in [4.69, 9.17) is 0 Å². The summed E-state index contributed by atoms with van der Waals surface area (Å²) >= 11 is 0. The molecule has 4 nitrogen and oxygen atoms in total. The van der Waals surface area contributed by atoms with Crippen molar-refractivity contribution in [3.05, 3.63) is 47.4 Å². The SMILES string of the molecule is COC(=O)c1cc(NCC(C)C)cc(-c2ccc(C)cn2)c1F. The van der Waals surface area contributed by atoms with Crippen LogP contribution in [0.3, 0.4) is 0 Å². The number of nitrogens with one attached hydrogen (secondary N) is 1. The fourth-order valence-electron chi connectivity index (χ4n) is 2.12. The Morgan fingerprint density at radius 1 is 1.35 bits per heavy atom. The molecule has 23 heavy (non-hydrogen) atoms. The summed E-state index contributed by atoms with van der Waals surface area (Å²) in [5.41, 5.74) is 2.30. The quantitative estimate of drug-likeness (QED) is 0.846. The molecule has 1 aromatic heterocycles. The highest BCUT2D eigenvalue weighted by Crippen LogP contribution is 2.28. The Hall–Kier alpha value is -2.43. The lowest BCUT2D eigenvalue weighted by atomic mass is 10.0. The predicted octanol–water partition coefficient (Wildman–Crippen LogP) is 4.05. The molecule has 0 atom stereocenters. The van der Waals surface area contributed by atoms with Crippen LogP contribution in [0, 0.1) is 18.7 Å². The minimum Gasteiger partial charge on any atom is -0.465 e. The number of carbonyl (C=O) groups is 1. The van der Waals surface area contributed by atoms with Crippen LogP contribution in [0.25, 0.3) is 11.3 Å². The van der Waals surface area contributed by atoms with Gasteiger partial charge in [-0.05, 0) is 36.6 Å². The summed E-state index contributed by atoms with van der Waals surface area (Å²) in [7, 11) is 1.24. The lowest BCUT2D eigenvalue weighted by Gasteiger charge is -2.14. The van der Waals surface area contributed by atoms with E-state index in [1.165, 1.54) is 13.2 Å². The second-order valence-electron chi connectivity index (χ2n) is 5.87. The molecule has 0 radical (unpaired) electrons. The Morgan fingerprint density at radius 3 is 2.65 bits per heavy atom. The van der Waals surface area contributed by atoms with Crippen LogP contribution in [0.2, 0.25) is 0 Å². The normalized spacial score (nSPS) is 10.7. The smallest absolute Gasteiger partial charge is 0.340 e. The van der Waals surface area contributed by atoms with Gasteiger partial charge in [-0.15, -0.1) is 0 Å². The fourth-order valence-corrected chi connectivity index (χ4v) is 2.12. The van der Waals surface area contributed by atoms with Crippen molar-refractivity contribution in [3.63, 3.8) is 0 Å². The maximum Gasteiger partial charge on any atom is 0.340 e. The van der Waals surface area contributed by atoms with Gasteiger partial charge in [0.05, 0.1) is 18.4 Å². The monoisotopic (exact) mass is 316 g/mol. The molecule has 2 rings (SSSR count). The number of aromatic nitrogens is 1. The van der Waals surface area contributed by atoms with E-state index in [0.29, 0.717) is 23.8 Å². The van der Waals surface area contributed by atoms with Crippen molar-refractivity contribution in [3.8, 4) is 11.3 Å². The predicted molar refractivity (Wildman–Crippen MR) is 89.0 cm³/mol. The number of hydrogen-bond donors (Lipinski definition) is 1. The summed E-state index contributed by atoms with van der Waals surface area (Å²) in [4.78, 5) is 16.1. The Bertz CT molecular complexity index is 697. The molecule has 0 bridgehead atoms. The molecule has 5 heteroatoms. The number of halogens is 1. The van der Waals surface area contributed by atoms with E-state index in [0.717, 1.165) is 5.56 Å². The molecule has 0 fully saturated rings. The lowest BCUT2D eigenvalue weighted by Crippen LogP contribution is -2.11. The number of methoxy groups -OCH3 is 1. The van der Waals surface area contributed by atoms with Gasteiger partial charge in [-0.3, -0.25) is 4.98 Å². The summed E-state index contributed by atoms with van der Waals surface area (Å²) in [6.07, 6.45) is 1.67. The molecule has 1 aromatic carbocycles. The van der Waals surface area contributed by atoms with Crippen LogP contribution >= 0.6 is 0 Å². The largest absolute Gasteiger partial charge is 0.465 e. The number of anilines is 1. The molecule has 0 saturated heterocycles. The second kappa shape index (κ2) is 7.22. The van der Waals surface area contributed by atoms with Crippen LogP contribution in [0.5, 0.6) is 0 Å². The molecule has 0 aliphatic rings. The first-order valence-corrected chi connectivity index (χ1v) is 7.51. The number of esters is 1. The number of rotatable bonds is 5. The minimum absolute atomic E-state index is 0.0985. The summed E-state index contributed by atoms with van der Waals surface area (Å²) < 4.78 is 19.4. The van der Waals surface area contributed by atoms with Crippen molar-refractivity contribution in [2.45, 2.75) is 20.8 Å². The summed E-state index contributed by atoms with van der Waals surface area (Å²) in [5, 5.41) is 3.21.